The van der Waals surface area contributed by atoms with Gasteiger partial charge >= 0.3 is 5.97 Å². The predicted molar refractivity (Wildman–Crippen MR) is 75.4 cm³/mol. The molecule has 1 aromatic rings. The van der Waals surface area contributed by atoms with E-state index in [9.17, 15) is 13.2 Å². The van der Waals surface area contributed by atoms with E-state index in [1.54, 1.807) is 18.2 Å². The third kappa shape index (κ3) is 4.93. The molecule has 19 heavy (non-hydrogen) atoms. The van der Waals surface area contributed by atoms with E-state index in [4.69, 9.17) is 5.11 Å². The molecule has 0 saturated carbocycles. The van der Waals surface area contributed by atoms with E-state index in [0.717, 1.165) is 0 Å². The van der Waals surface area contributed by atoms with Crippen LogP contribution in [0.5, 0.6) is 0 Å². The van der Waals surface area contributed by atoms with Crippen LogP contribution in [-0.4, -0.2) is 25.5 Å². The van der Waals surface area contributed by atoms with Crippen LogP contribution in [0.1, 0.15) is 26.2 Å². The van der Waals surface area contributed by atoms with Gasteiger partial charge in [0.1, 0.15) is 0 Å². The Morgan fingerprint density at radius 3 is 2.58 bits per heavy atom. The van der Waals surface area contributed by atoms with E-state index in [0.29, 0.717) is 17.3 Å². The lowest BCUT2D eigenvalue weighted by atomic mass is 10.1. The maximum absolute atomic E-state index is 12.2. The van der Waals surface area contributed by atoms with E-state index in [1.165, 1.54) is 6.07 Å². The van der Waals surface area contributed by atoms with Gasteiger partial charge in [0.2, 0.25) is 10.0 Å². The van der Waals surface area contributed by atoms with E-state index in [1.807, 2.05) is 6.92 Å². The minimum atomic E-state index is -3.72. The van der Waals surface area contributed by atoms with Crippen molar-refractivity contribution in [2.24, 2.45) is 0 Å². The molecule has 1 atom stereocenters. The molecule has 0 amide bonds. The van der Waals surface area contributed by atoms with Crippen LogP contribution in [0.3, 0.4) is 0 Å². The smallest absolute Gasteiger partial charge is 0.304 e. The summed E-state index contributed by atoms with van der Waals surface area (Å²) in [4.78, 5) is 10.8. The fraction of sp³-hybridized carbons (Fsp3) is 0.417. The number of benzene rings is 1. The molecule has 0 bridgehead atoms. The van der Waals surface area contributed by atoms with Crippen molar-refractivity contribution in [2.75, 3.05) is 0 Å². The zero-order chi connectivity index (χ0) is 14.5. The Labute approximate surface area is 121 Å². The summed E-state index contributed by atoms with van der Waals surface area (Å²) >= 11 is 3.18. The third-order valence-electron chi connectivity index (χ3n) is 2.51. The second-order valence-corrected chi connectivity index (χ2v) is 6.67. The summed E-state index contributed by atoms with van der Waals surface area (Å²) in [6, 6.07) is 5.83. The lowest BCUT2D eigenvalue weighted by Crippen LogP contribution is -2.36. The molecule has 0 aliphatic rings. The molecule has 1 rings (SSSR count). The van der Waals surface area contributed by atoms with Crippen molar-refractivity contribution in [3.63, 3.8) is 0 Å². The summed E-state index contributed by atoms with van der Waals surface area (Å²) in [5.41, 5.74) is 0. The first-order valence-corrected chi connectivity index (χ1v) is 8.13. The highest BCUT2D eigenvalue weighted by atomic mass is 79.9. The molecule has 0 radical (unpaired) electrons. The third-order valence-corrected chi connectivity index (χ3v) is 5.04. The van der Waals surface area contributed by atoms with Gasteiger partial charge in [-0.2, -0.15) is 0 Å². The zero-order valence-electron chi connectivity index (χ0n) is 10.5. The summed E-state index contributed by atoms with van der Waals surface area (Å²) in [7, 11) is -3.72. The van der Waals surface area contributed by atoms with Crippen LogP contribution in [0.25, 0.3) is 0 Å². The van der Waals surface area contributed by atoms with Crippen molar-refractivity contribution in [1.29, 1.82) is 0 Å². The van der Waals surface area contributed by atoms with Gasteiger partial charge in [-0.3, -0.25) is 4.79 Å². The first-order chi connectivity index (χ1) is 8.86. The van der Waals surface area contributed by atoms with Crippen LogP contribution in [-0.2, 0) is 14.8 Å². The molecule has 0 aliphatic heterocycles. The van der Waals surface area contributed by atoms with Crippen LogP contribution in [0.4, 0.5) is 0 Å². The second-order valence-electron chi connectivity index (χ2n) is 4.14. The van der Waals surface area contributed by atoms with Crippen LogP contribution in [0.2, 0.25) is 0 Å². The SMILES string of the molecule is CCCC(CC(=O)O)NS(=O)(=O)c1ccccc1Br. The standard InChI is InChI=1S/C12H16BrNO4S/c1-2-5-9(8-12(15)16)14-19(17,18)11-7-4-3-6-10(11)13/h3-4,6-7,9,14H,2,5,8H2,1H3,(H,15,16). The Balaban J connectivity index is 2.94. The van der Waals surface area contributed by atoms with Gasteiger partial charge in [-0.05, 0) is 34.5 Å². The first kappa shape index (κ1) is 16.1. The summed E-state index contributed by atoms with van der Waals surface area (Å²) in [6.07, 6.45) is 0.962. The van der Waals surface area contributed by atoms with Gasteiger partial charge < -0.3 is 5.11 Å². The predicted octanol–water partition coefficient (Wildman–Crippen LogP) is 2.37. The molecule has 5 nitrogen and oxygen atoms in total. The maximum atomic E-state index is 12.2. The number of hydrogen-bond donors (Lipinski definition) is 2. The van der Waals surface area contributed by atoms with Crippen LogP contribution < -0.4 is 4.72 Å². The number of nitrogens with one attached hydrogen (secondary N) is 1. The highest BCUT2D eigenvalue weighted by Crippen LogP contribution is 2.21. The van der Waals surface area contributed by atoms with Gasteiger partial charge in [0.25, 0.3) is 0 Å². The Kier molecular flexibility index (Phi) is 5.96. The molecule has 106 valence electrons. The minimum absolute atomic E-state index is 0.112. The average Bonchev–Trinajstić information content (AvgIpc) is 2.28. The van der Waals surface area contributed by atoms with Gasteiger partial charge in [-0.15, -0.1) is 0 Å². The first-order valence-electron chi connectivity index (χ1n) is 5.85. The Morgan fingerprint density at radius 1 is 1.42 bits per heavy atom. The van der Waals surface area contributed by atoms with Crippen molar-refractivity contribution in [2.45, 2.75) is 37.1 Å². The van der Waals surface area contributed by atoms with Crippen molar-refractivity contribution in [3.05, 3.63) is 28.7 Å². The van der Waals surface area contributed by atoms with Crippen LogP contribution in [0.15, 0.2) is 33.6 Å². The molecular weight excluding hydrogens is 334 g/mol. The number of hydrogen-bond acceptors (Lipinski definition) is 3. The van der Waals surface area contributed by atoms with Crippen LogP contribution in [0, 0.1) is 0 Å². The minimum Gasteiger partial charge on any atom is -0.481 e. The maximum Gasteiger partial charge on any atom is 0.304 e. The summed E-state index contributed by atoms with van der Waals surface area (Å²) in [5, 5.41) is 8.79. The Bertz CT molecular complexity index is 544. The number of carboxylic acids is 1. The quantitative estimate of drug-likeness (QED) is 0.791. The van der Waals surface area contributed by atoms with Gasteiger partial charge in [0.15, 0.2) is 0 Å². The van der Waals surface area contributed by atoms with Crippen molar-refractivity contribution < 1.29 is 18.3 Å². The molecule has 0 fully saturated rings. The molecule has 1 aromatic carbocycles. The monoisotopic (exact) mass is 349 g/mol. The lowest BCUT2D eigenvalue weighted by molar-refractivity contribution is -0.137. The molecule has 0 heterocycles. The van der Waals surface area contributed by atoms with E-state index in [2.05, 4.69) is 20.7 Å². The Hall–Kier alpha value is -0.920. The molecule has 1 unspecified atom stereocenters. The zero-order valence-corrected chi connectivity index (χ0v) is 12.9. The number of sulfonamides is 1. The second kappa shape index (κ2) is 7.02. The van der Waals surface area contributed by atoms with Gasteiger partial charge in [-0.1, -0.05) is 25.5 Å². The fourth-order valence-corrected chi connectivity index (χ4v) is 3.98. The molecule has 0 aromatic heterocycles. The van der Waals surface area contributed by atoms with Crippen molar-refractivity contribution in [3.8, 4) is 0 Å². The average molecular weight is 350 g/mol. The molecule has 2 N–H and O–H groups in total. The normalized spacial score (nSPS) is 13.2. The van der Waals surface area contributed by atoms with Gasteiger partial charge in [-0.25, -0.2) is 13.1 Å². The molecular formula is C12H16BrNO4S. The largest absolute Gasteiger partial charge is 0.481 e. The highest BCUT2D eigenvalue weighted by Gasteiger charge is 2.23. The molecule has 0 saturated heterocycles. The van der Waals surface area contributed by atoms with E-state index < -0.39 is 22.0 Å². The molecule has 7 heteroatoms. The van der Waals surface area contributed by atoms with Crippen molar-refractivity contribution in [1.82, 2.24) is 4.72 Å². The summed E-state index contributed by atoms with van der Waals surface area (Å²) < 4.78 is 27.3. The van der Waals surface area contributed by atoms with Crippen LogP contribution >= 0.6 is 15.9 Å². The number of rotatable bonds is 7. The number of halogens is 1. The lowest BCUT2D eigenvalue weighted by Gasteiger charge is -2.16. The van der Waals surface area contributed by atoms with Gasteiger partial charge in [0, 0.05) is 10.5 Å². The number of carbonyl (C=O) groups is 1. The summed E-state index contributed by atoms with van der Waals surface area (Å²) in [6.45, 7) is 1.88. The number of aliphatic carboxylic acids is 1. The van der Waals surface area contributed by atoms with E-state index in [-0.39, 0.29) is 11.3 Å². The topological polar surface area (TPSA) is 83.5 Å². The fourth-order valence-electron chi connectivity index (χ4n) is 1.71. The molecule has 0 aliphatic carbocycles. The summed E-state index contributed by atoms with van der Waals surface area (Å²) in [5.74, 6) is -1.02. The molecule has 0 spiro atoms. The van der Waals surface area contributed by atoms with E-state index >= 15 is 0 Å². The highest BCUT2D eigenvalue weighted by molar-refractivity contribution is 9.10. The van der Waals surface area contributed by atoms with Crippen molar-refractivity contribution >= 4 is 31.9 Å². The number of carboxylic acid groups (broad SMARTS) is 1. The van der Waals surface area contributed by atoms with Gasteiger partial charge in [0.05, 0.1) is 11.3 Å². The Morgan fingerprint density at radius 2 is 2.05 bits per heavy atom.